The second-order valence-electron chi connectivity index (χ2n) is 9.84. The van der Waals surface area contributed by atoms with Crippen LogP contribution in [0.15, 0.2) is 24.5 Å². The highest BCUT2D eigenvalue weighted by Gasteiger charge is 2.49. The summed E-state index contributed by atoms with van der Waals surface area (Å²) in [6.45, 7) is 4.99. The first-order chi connectivity index (χ1) is 15.0. The van der Waals surface area contributed by atoms with E-state index in [1.807, 2.05) is 23.4 Å². The van der Waals surface area contributed by atoms with Gasteiger partial charge in [0.25, 0.3) is 0 Å². The van der Waals surface area contributed by atoms with E-state index < -0.39 is 0 Å². The lowest BCUT2D eigenvalue weighted by molar-refractivity contribution is -0.0763. The van der Waals surface area contributed by atoms with Crippen LogP contribution in [0, 0.1) is 17.2 Å². The number of aromatic nitrogens is 2. The number of rotatable bonds is 4. The lowest BCUT2D eigenvalue weighted by Gasteiger charge is -2.38. The first-order valence-corrected chi connectivity index (χ1v) is 11.4. The van der Waals surface area contributed by atoms with E-state index in [-0.39, 0.29) is 17.3 Å². The molecule has 1 aromatic heterocycles. The Labute approximate surface area is 182 Å². The van der Waals surface area contributed by atoms with Gasteiger partial charge < -0.3 is 18.9 Å². The molecule has 1 saturated carbocycles. The molecule has 2 aliphatic heterocycles. The van der Waals surface area contributed by atoms with Gasteiger partial charge in [0, 0.05) is 13.2 Å². The van der Waals surface area contributed by atoms with Gasteiger partial charge in [0.2, 0.25) is 0 Å². The maximum absolute atomic E-state index is 12.7. The second-order valence-corrected chi connectivity index (χ2v) is 9.84. The van der Waals surface area contributed by atoms with Crippen molar-refractivity contribution in [2.75, 3.05) is 19.7 Å². The number of amides is 1. The molecule has 3 atom stereocenters. The summed E-state index contributed by atoms with van der Waals surface area (Å²) in [6.07, 6.45) is 8.86. The van der Waals surface area contributed by atoms with Gasteiger partial charge in [-0.3, -0.25) is 0 Å². The van der Waals surface area contributed by atoms with Crippen LogP contribution in [0.1, 0.15) is 57.4 Å². The van der Waals surface area contributed by atoms with Gasteiger partial charge in [-0.1, -0.05) is 0 Å². The van der Waals surface area contributed by atoms with Crippen LogP contribution < -0.4 is 0 Å². The van der Waals surface area contributed by atoms with E-state index in [9.17, 15) is 10.1 Å². The summed E-state index contributed by atoms with van der Waals surface area (Å²) in [5, 5.41) is 9.23. The first kappa shape index (κ1) is 20.3. The molecule has 1 unspecified atom stereocenters. The quantitative estimate of drug-likeness (QED) is 0.736. The summed E-state index contributed by atoms with van der Waals surface area (Å²) in [7, 11) is 0. The number of ether oxygens (including phenoxy) is 2. The molecule has 164 valence electrons. The minimum Gasteiger partial charge on any atom is -0.441 e. The van der Waals surface area contributed by atoms with Crippen molar-refractivity contribution in [1.29, 1.82) is 5.26 Å². The molecule has 2 aromatic rings. The molecule has 1 aliphatic carbocycles. The van der Waals surface area contributed by atoms with Gasteiger partial charge in [-0.15, -0.1) is 0 Å². The summed E-state index contributed by atoms with van der Waals surface area (Å²) < 4.78 is 14.2. The molecule has 1 aromatic carbocycles. The van der Waals surface area contributed by atoms with Crippen molar-refractivity contribution in [1.82, 2.24) is 14.5 Å². The molecule has 0 bridgehead atoms. The molecule has 7 nitrogen and oxygen atoms in total. The van der Waals surface area contributed by atoms with Crippen LogP contribution in [0.5, 0.6) is 0 Å². The molecule has 3 fully saturated rings. The van der Waals surface area contributed by atoms with Crippen LogP contribution in [0.3, 0.4) is 0 Å². The Kier molecular flexibility index (Phi) is 5.13. The Morgan fingerprint density at radius 3 is 3.00 bits per heavy atom. The standard InChI is InChI=1S/C24H30N4O3/c1-23(8-2-3-10-30-23)15-28-16-24(31-22(28)29)9-4-5-19(12-24)14-27-17-26-20-7-6-18(13-25)11-21(20)27/h6-7,11,17,19H,2-5,8-10,12,14-16H2,1H3/t19-,23?,24-/m0/s1. The number of nitriles is 1. The van der Waals surface area contributed by atoms with Crippen molar-refractivity contribution in [3.8, 4) is 6.07 Å². The molecule has 31 heavy (non-hydrogen) atoms. The van der Waals surface area contributed by atoms with Crippen LogP contribution in [0.2, 0.25) is 0 Å². The fraction of sp³-hybridized carbons (Fsp3) is 0.625. The highest BCUT2D eigenvalue weighted by Crippen LogP contribution is 2.41. The largest absolute Gasteiger partial charge is 0.441 e. The Morgan fingerprint density at radius 1 is 1.29 bits per heavy atom. The van der Waals surface area contributed by atoms with Gasteiger partial charge in [0.05, 0.1) is 47.7 Å². The number of fused-ring (bicyclic) bond motifs is 1. The molecule has 7 heteroatoms. The molecular formula is C24H30N4O3. The Balaban J connectivity index is 1.28. The van der Waals surface area contributed by atoms with Gasteiger partial charge >= 0.3 is 6.09 Å². The van der Waals surface area contributed by atoms with Gasteiger partial charge in [0.1, 0.15) is 5.60 Å². The summed E-state index contributed by atoms with van der Waals surface area (Å²) in [6, 6.07) is 7.82. The molecule has 1 spiro atoms. The zero-order valence-corrected chi connectivity index (χ0v) is 18.2. The smallest absolute Gasteiger partial charge is 0.410 e. The zero-order valence-electron chi connectivity index (χ0n) is 18.2. The fourth-order valence-corrected chi connectivity index (χ4v) is 5.72. The summed E-state index contributed by atoms with van der Waals surface area (Å²) in [5.41, 5.74) is 1.90. The highest BCUT2D eigenvalue weighted by molar-refractivity contribution is 5.77. The second kappa shape index (κ2) is 7.83. The van der Waals surface area contributed by atoms with E-state index in [1.54, 1.807) is 6.07 Å². The first-order valence-electron chi connectivity index (χ1n) is 11.4. The predicted octanol–water partition coefficient (Wildman–Crippen LogP) is 4.25. The zero-order chi connectivity index (χ0) is 21.5. The third kappa shape index (κ3) is 4.01. The molecule has 0 N–H and O–H groups in total. The number of imidazole rings is 1. The maximum atomic E-state index is 12.7. The van der Waals surface area contributed by atoms with Gasteiger partial charge in [-0.05, 0) is 76.0 Å². The van der Waals surface area contributed by atoms with E-state index in [4.69, 9.17) is 9.47 Å². The van der Waals surface area contributed by atoms with E-state index in [0.29, 0.717) is 24.6 Å². The Bertz CT molecular complexity index is 1020. The molecule has 1 amide bonds. The van der Waals surface area contributed by atoms with Crippen LogP contribution in [-0.2, 0) is 16.0 Å². The summed E-state index contributed by atoms with van der Waals surface area (Å²) >= 11 is 0. The number of hydrogen-bond donors (Lipinski definition) is 0. The molecule has 3 aliphatic rings. The van der Waals surface area contributed by atoms with Crippen LogP contribution in [-0.4, -0.2) is 51.4 Å². The maximum Gasteiger partial charge on any atom is 0.410 e. The van der Waals surface area contributed by atoms with Crippen LogP contribution in [0.4, 0.5) is 4.79 Å². The van der Waals surface area contributed by atoms with Gasteiger partial charge in [-0.25, -0.2) is 9.78 Å². The van der Waals surface area contributed by atoms with Crippen molar-refractivity contribution < 1.29 is 14.3 Å². The Hall–Kier alpha value is -2.59. The van der Waals surface area contributed by atoms with Crippen molar-refractivity contribution in [3.05, 3.63) is 30.1 Å². The van der Waals surface area contributed by atoms with Crippen LogP contribution in [0.25, 0.3) is 11.0 Å². The normalized spacial score (nSPS) is 31.2. The number of carbonyl (C=O) groups is 1. The number of carbonyl (C=O) groups excluding carboxylic acids is 1. The minimum atomic E-state index is -0.390. The van der Waals surface area contributed by atoms with Crippen molar-refractivity contribution in [3.63, 3.8) is 0 Å². The van der Waals surface area contributed by atoms with Crippen LogP contribution >= 0.6 is 0 Å². The van der Waals surface area contributed by atoms with E-state index in [0.717, 1.165) is 69.1 Å². The summed E-state index contributed by atoms with van der Waals surface area (Å²) in [4.78, 5) is 19.1. The average molecular weight is 423 g/mol. The van der Waals surface area contributed by atoms with Crippen molar-refractivity contribution in [2.24, 2.45) is 5.92 Å². The molecule has 3 heterocycles. The molecule has 5 rings (SSSR count). The van der Waals surface area contributed by atoms with Gasteiger partial charge in [0.15, 0.2) is 0 Å². The van der Waals surface area contributed by atoms with E-state index in [1.165, 1.54) is 0 Å². The number of benzene rings is 1. The monoisotopic (exact) mass is 422 g/mol. The molecule has 0 radical (unpaired) electrons. The number of hydrogen-bond acceptors (Lipinski definition) is 5. The summed E-state index contributed by atoms with van der Waals surface area (Å²) in [5.74, 6) is 0.408. The van der Waals surface area contributed by atoms with Crippen molar-refractivity contribution in [2.45, 2.75) is 69.6 Å². The minimum absolute atomic E-state index is 0.192. The lowest BCUT2D eigenvalue weighted by Crippen LogP contribution is -2.47. The van der Waals surface area contributed by atoms with Gasteiger partial charge in [-0.2, -0.15) is 5.26 Å². The SMILES string of the molecule is CC1(CN2C[C@@]3(CCC[C@H](Cn4cnc5ccc(C#N)cc54)C3)OC2=O)CCCCO1. The molecular weight excluding hydrogens is 392 g/mol. The fourth-order valence-electron chi connectivity index (χ4n) is 5.72. The van der Waals surface area contributed by atoms with E-state index in [2.05, 4.69) is 22.5 Å². The lowest BCUT2D eigenvalue weighted by atomic mass is 9.77. The predicted molar refractivity (Wildman–Crippen MR) is 115 cm³/mol. The Morgan fingerprint density at radius 2 is 2.19 bits per heavy atom. The third-order valence-corrected chi connectivity index (χ3v) is 7.23. The third-order valence-electron chi connectivity index (χ3n) is 7.23. The molecule has 2 saturated heterocycles. The topological polar surface area (TPSA) is 80.4 Å². The highest BCUT2D eigenvalue weighted by atomic mass is 16.6. The van der Waals surface area contributed by atoms with E-state index >= 15 is 0 Å². The number of nitrogens with zero attached hydrogens (tertiary/aromatic N) is 4. The van der Waals surface area contributed by atoms with Crippen molar-refractivity contribution >= 4 is 17.1 Å². The average Bonchev–Trinajstić information content (AvgIpc) is 3.28.